The van der Waals surface area contributed by atoms with Gasteiger partial charge in [-0.15, -0.1) is 0 Å². The van der Waals surface area contributed by atoms with E-state index in [9.17, 15) is 8.42 Å². The molecule has 0 unspecified atom stereocenters. The van der Waals surface area contributed by atoms with Gasteiger partial charge in [-0.1, -0.05) is 58.0 Å². The summed E-state index contributed by atoms with van der Waals surface area (Å²) in [5.41, 5.74) is 2.10. The normalized spacial score (nSPS) is 11.6. The molecule has 1 aromatic heterocycles. The Balaban J connectivity index is 1.67. The van der Waals surface area contributed by atoms with E-state index in [4.69, 9.17) is 0 Å². The van der Waals surface area contributed by atoms with Gasteiger partial charge in [-0.3, -0.25) is 0 Å². The first kappa shape index (κ1) is 18.2. The van der Waals surface area contributed by atoms with Gasteiger partial charge in [0, 0.05) is 17.3 Å². The summed E-state index contributed by atoms with van der Waals surface area (Å²) in [7, 11) is -1.34. The van der Waals surface area contributed by atoms with E-state index in [1.54, 1.807) is 24.3 Å². The minimum absolute atomic E-state index is 0.0762. The summed E-state index contributed by atoms with van der Waals surface area (Å²) >= 11 is 4.77. The number of halogens is 1. The summed E-state index contributed by atoms with van der Waals surface area (Å²) in [5, 5.41) is 0.810. The summed E-state index contributed by atoms with van der Waals surface area (Å²) in [4.78, 5) is 4.77. The van der Waals surface area contributed by atoms with E-state index in [1.807, 2.05) is 48.1 Å². The molecule has 0 aliphatic heterocycles. The molecule has 0 fully saturated rings. The average molecular weight is 437 g/mol. The summed E-state index contributed by atoms with van der Waals surface area (Å²) < 4.78 is 27.6. The Labute approximate surface area is 160 Å². The molecular formula is C18H17BrN2O2S2. The van der Waals surface area contributed by atoms with Crippen LogP contribution in [0.4, 0.5) is 0 Å². The zero-order valence-electron chi connectivity index (χ0n) is 13.6. The highest BCUT2D eigenvalue weighted by Gasteiger charge is 2.15. The lowest BCUT2D eigenvalue weighted by atomic mass is 10.2. The van der Waals surface area contributed by atoms with Crippen molar-refractivity contribution in [1.29, 1.82) is 0 Å². The number of imidazole rings is 1. The van der Waals surface area contributed by atoms with Gasteiger partial charge in [-0.05, 0) is 29.8 Å². The molecule has 0 bridgehead atoms. The van der Waals surface area contributed by atoms with Crippen molar-refractivity contribution < 1.29 is 8.42 Å². The molecule has 3 rings (SSSR count). The lowest BCUT2D eigenvalue weighted by Crippen LogP contribution is -2.09. The van der Waals surface area contributed by atoms with Crippen LogP contribution in [0.3, 0.4) is 0 Å². The van der Waals surface area contributed by atoms with Gasteiger partial charge in [0.25, 0.3) is 0 Å². The summed E-state index contributed by atoms with van der Waals surface area (Å²) in [6, 6.07) is 16.7. The van der Waals surface area contributed by atoms with Gasteiger partial charge in [0.2, 0.25) is 0 Å². The molecule has 0 N–H and O–H groups in total. The zero-order valence-corrected chi connectivity index (χ0v) is 16.8. The van der Waals surface area contributed by atoms with Gasteiger partial charge >= 0.3 is 0 Å². The van der Waals surface area contributed by atoms with Gasteiger partial charge in [0.15, 0.2) is 15.0 Å². The fourth-order valence-electron chi connectivity index (χ4n) is 2.41. The third kappa shape index (κ3) is 4.34. The van der Waals surface area contributed by atoms with Crippen LogP contribution in [0.25, 0.3) is 11.3 Å². The second-order valence-corrected chi connectivity index (χ2v) is 9.56. The third-order valence-corrected chi connectivity index (χ3v) is 7.34. The van der Waals surface area contributed by atoms with Gasteiger partial charge in [0.1, 0.15) is 0 Å². The monoisotopic (exact) mass is 436 g/mol. The molecule has 0 radical (unpaired) electrons. The van der Waals surface area contributed by atoms with Crippen molar-refractivity contribution in [2.45, 2.75) is 10.1 Å². The lowest BCUT2D eigenvalue weighted by molar-refractivity contribution is 0.597. The van der Waals surface area contributed by atoms with Crippen LogP contribution in [0.1, 0.15) is 0 Å². The van der Waals surface area contributed by atoms with Crippen LogP contribution in [0.15, 0.2) is 75.3 Å². The number of thioether (sulfide) groups is 1. The first-order valence-corrected chi connectivity index (χ1v) is 11.1. The van der Waals surface area contributed by atoms with E-state index in [2.05, 4.69) is 20.9 Å². The number of benzene rings is 2. The quantitative estimate of drug-likeness (QED) is 0.536. The maximum absolute atomic E-state index is 12.4. The fourth-order valence-corrected chi connectivity index (χ4v) is 5.27. The van der Waals surface area contributed by atoms with Gasteiger partial charge < -0.3 is 4.57 Å². The highest BCUT2D eigenvalue weighted by atomic mass is 79.9. The topological polar surface area (TPSA) is 52.0 Å². The molecule has 4 nitrogen and oxygen atoms in total. The Bertz CT molecular complexity index is 953. The van der Waals surface area contributed by atoms with Crippen molar-refractivity contribution in [2.24, 2.45) is 7.05 Å². The van der Waals surface area contributed by atoms with E-state index < -0.39 is 9.84 Å². The predicted molar refractivity (Wildman–Crippen MR) is 106 cm³/mol. The molecule has 0 atom stereocenters. The standard InChI is InChI=1S/C18H17BrN2O2S2/c1-21-17(14-5-3-2-4-6-14)13-20-18(21)24-11-12-25(22,23)16-9-7-15(19)8-10-16/h2-10,13H,11-12H2,1H3. The molecule has 130 valence electrons. The maximum Gasteiger partial charge on any atom is 0.179 e. The zero-order chi connectivity index (χ0) is 17.9. The lowest BCUT2D eigenvalue weighted by Gasteiger charge is -2.07. The molecule has 0 spiro atoms. The number of hydrogen-bond acceptors (Lipinski definition) is 4. The highest BCUT2D eigenvalue weighted by Crippen LogP contribution is 2.25. The first-order chi connectivity index (χ1) is 12.0. The first-order valence-electron chi connectivity index (χ1n) is 7.65. The second-order valence-electron chi connectivity index (χ2n) is 5.47. The minimum Gasteiger partial charge on any atom is -0.322 e. The van der Waals surface area contributed by atoms with Crippen LogP contribution in [0, 0.1) is 0 Å². The van der Waals surface area contributed by atoms with Crippen LogP contribution in [-0.4, -0.2) is 29.5 Å². The smallest absolute Gasteiger partial charge is 0.179 e. The van der Waals surface area contributed by atoms with Crippen molar-refractivity contribution in [3.8, 4) is 11.3 Å². The molecule has 2 aromatic carbocycles. The van der Waals surface area contributed by atoms with Crippen molar-refractivity contribution in [3.05, 3.63) is 65.3 Å². The number of rotatable bonds is 6. The van der Waals surface area contributed by atoms with E-state index in [-0.39, 0.29) is 5.75 Å². The minimum atomic E-state index is -3.28. The number of sulfone groups is 1. The molecule has 7 heteroatoms. The van der Waals surface area contributed by atoms with E-state index >= 15 is 0 Å². The van der Waals surface area contributed by atoms with Crippen molar-refractivity contribution in [2.75, 3.05) is 11.5 Å². The fraction of sp³-hybridized carbons (Fsp3) is 0.167. The SMILES string of the molecule is Cn1c(-c2ccccc2)cnc1SCCS(=O)(=O)c1ccc(Br)cc1. The van der Waals surface area contributed by atoms with Crippen LogP contribution in [-0.2, 0) is 16.9 Å². The Morgan fingerprint density at radius 3 is 2.44 bits per heavy atom. The van der Waals surface area contributed by atoms with Crippen molar-refractivity contribution in [1.82, 2.24) is 9.55 Å². The largest absolute Gasteiger partial charge is 0.322 e. The molecule has 0 aliphatic carbocycles. The molecule has 25 heavy (non-hydrogen) atoms. The number of aromatic nitrogens is 2. The maximum atomic E-state index is 12.4. The third-order valence-electron chi connectivity index (χ3n) is 3.77. The molecular weight excluding hydrogens is 420 g/mol. The van der Waals surface area contributed by atoms with Crippen LogP contribution in [0.5, 0.6) is 0 Å². The van der Waals surface area contributed by atoms with E-state index in [0.717, 1.165) is 20.9 Å². The van der Waals surface area contributed by atoms with Gasteiger partial charge in [0.05, 0.1) is 22.5 Å². The Morgan fingerprint density at radius 2 is 1.76 bits per heavy atom. The Hall–Kier alpha value is -1.57. The van der Waals surface area contributed by atoms with Gasteiger partial charge in [-0.2, -0.15) is 0 Å². The van der Waals surface area contributed by atoms with Crippen molar-refractivity contribution in [3.63, 3.8) is 0 Å². The second kappa shape index (κ2) is 7.76. The molecule has 0 amide bonds. The van der Waals surface area contributed by atoms with Crippen LogP contribution >= 0.6 is 27.7 Å². The summed E-state index contributed by atoms with van der Waals surface area (Å²) in [5.74, 6) is 0.532. The molecule has 0 aliphatic rings. The summed E-state index contributed by atoms with van der Waals surface area (Å²) in [6.45, 7) is 0. The van der Waals surface area contributed by atoms with Crippen LogP contribution < -0.4 is 0 Å². The number of nitrogens with zero attached hydrogens (tertiary/aromatic N) is 2. The van der Waals surface area contributed by atoms with Crippen molar-refractivity contribution >= 4 is 37.5 Å². The predicted octanol–water partition coefficient (Wildman–Crippen LogP) is 4.42. The Kier molecular flexibility index (Phi) is 5.66. The highest BCUT2D eigenvalue weighted by molar-refractivity contribution is 9.10. The van der Waals surface area contributed by atoms with Gasteiger partial charge in [-0.25, -0.2) is 13.4 Å². The van der Waals surface area contributed by atoms with E-state index in [1.165, 1.54) is 11.8 Å². The van der Waals surface area contributed by atoms with E-state index in [0.29, 0.717) is 10.6 Å². The summed E-state index contributed by atoms with van der Waals surface area (Å²) in [6.07, 6.45) is 1.82. The number of hydrogen-bond donors (Lipinski definition) is 0. The molecule has 0 saturated heterocycles. The molecule has 3 aromatic rings. The molecule has 0 saturated carbocycles. The Morgan fingerprint density at radius 1 is 1.08 bits per heavy atom. The average Bonchev–Trinajstić information content (AvgIpc) is 2.97. The molecule has 1 heterocycles. The van der Waals surface area contributed by atoms with Crippen LogP contribution in [0.2, 0.25) is 0 Å².